The number of dihydropyridines is 1. The largest absolute Gasteiger partial charge is 0.466 e. The first-order chi connectivity index (χ1) is 24.8. The third-order valence-corrected chi connectivity index (χ3v) is 9.64. The first-order valence-corrected chi connectivity index (χ1v) is 17.1. The Kier molecular flexibility index (Phi) is 11.0. The van der Waals surface area contributed by atoms with Gasteiger partial charge in [0.05, 0.1) is 41.7 Å². The fourth-order valence-corrected chi connectivity index (χ4v) is 7.23. The minimum Gasteiger partial charge on any atom is -0.466 e. The van der Waals surface area contributed by atoms with Crippen molar-refractivity contribution in [2.45, 2.75) is 38.3 Å². The van der Waals surface area contributed by atoms with Crippen molar-refractivity contribution in [3.63, 3.8) is 0 Å². The smallest absolute Gasteiger partial charge is 0.336 e. The van der Waals surface area contributed by atoms with Crippen molar-refractivity contribution in [1.29, 1.82) is 0 Å². The summed E-state index contributed by atoms with van der Waals surface area (Å²) in [5, 5.41) is 18.3. The molecule has 4 aromatic carbocycles. The number of piperazine rings is 1. The second kappa shape index (κ2) is 16.0. The van der Waals surface area contributed by atoms with Crippen molar-refractivity contribution in [2.75, 3.05) is 33.4 Å². The van der Waals surface area contributed by atoms with Gasteiger partial charge in [0.15, 0.2) is 0 Å². The number of hydrogen-bond acceptors (Lipinski definition) is 9. The first-order valence-electron chi connectivity index (χ1n) is 17.1. The molecule has 0 amide bonds. The van der Waals surface area contributed by atoms with E-state index in [2.05, 4.69) is 88.3 Å². The van der Waals surface area contributed by atoms with Gasteiger partial charge in [-0.05, 0) is 41.7 Å². The topological polar surface area (TPSA) is 123 Å². The summed E-state index contributed by atoms with van der Waals surface area (Å²) in [6, 6.07) is 35.9. The van der Waals surface area contributed by atoms with Crippen LogP contribution in [-0.4, -0.2) is 55.1 Å². The van der Waals surface area contributed by atoms with E-state index in [4.69, 9.17) is 9.47 Å². The summed E-state index contributed by atoms with van der Waals surface area (Å²) in [5.41, 5.74) is 6.38. The zero-order valence-electron chi connectivity index (χ0n) is 29.0. The van der Waals surface area contributed by atoms with Gasteiger partial charge in [0, 0.05) is 55.6 Å². The summed E-state index contributed by atoms with van der Waals surface area (Å²) in [7, 11) is 1.26. The van der Waals surface area contributed by atoms with E-state index < -0.39 is 22.8 Å². The van der Waals surface area contributed by atoms with Crippen molar-refractivity contribution in [3.8, 4) is 0 Å². The highest BCUT2D eigenvalue weighted by Crippen LogP contribution is 2.40. The van der Waals surface area contributed by atoms with Crippen LogP contribution in [0.2, 0.25) is 0 Å². The zero-order valence-corrected chi connectivity index (χ0v) is 29.0. The molecule has 6 rings (SSSR count). The van der Waals surface area contributed by atoms with E-state index in [1.54, 1.807) is 19.9 Å². The van der Waals surface area contributed by atoms with Gasteiger partial charge in [-0.2, -0.15) is 0 Å². The number of hydrogen-bond donors (Lipinski definition) is 2. The lowest BCUT2D eigenvalue weighted by atomic mass is 9.80. The quantitative estimate of drug-likeness (QED) is 0.103. The van der Waals surface area contributed by atoms with Crippen LogP contribution in [0, 0.1) is 10.1 Å². The predicted octanol–water partition coefficient (Wildman–Crippen LogP) is 6.52. The lowest BCUT2D eigenvalue weighted by Gasteiger charge is -2.42. The fourth-order valence-electron chi connectivity index (χ4n) is 7.23. The molecule has 2 atom stereocenters. The van der Waals surface area contributed by atoms with Crippen LogP contribution in [0.3, 0.4) is 0 Å². The minimum absolute atomic E-state index is 0.105. The Labute approximate surface area is 297 Å². The zero-order chi connectivity index (χ0) is 35.9. The first kappa shape index (κ1) is 35.3. The number of nitro groups is 1. The van der Waals surface area contributed by atoms with Crippen LogP contribution in [0.25, 0.3) is 0 Å². The number of allylic oxidation sites excluding steroid dienone is 2. The van der Waals surface area contributed by atoms with Crippen molar-refractivity contribution in [3.05, 3.63) is 170 Å². The number of nitro benzene ring substituents is 1. The van der Waals surface area contributed by atoms with Gasteiger partial charge in [0.1, 0.15) is 0 Å². The van der Waals surface area contributed by atoms with Gasteiger partial charge >= 0.3 is 11.9 Å². The monoisotopic (exact) mass is 686 g/mol. The van der Waals surface area contributed by atoms with Gasteiger partial charge in [0.25, 0.3) is 5.69 Å². The molecule has 1 fully saturated rings. The maximum absolute atomic E-state index is 13.7. The fraction of sp³-hybridized carbons (Fsp3) is 0.268. The molecule has 0 bridgehead atoms. The minimum atomic E-state index is -0.909. The van der Waals surface area contributed by atoms with Crippen molar-refractivity contribution in [1.82, 2.24) is 15.5 Å². The third-order valence-electron chi connectivity index (χ3n) is 9.64. The van der Waals surface area contributed by atoms with Gasteiger partial charge in [-0.1, -0.05) is 97.1 Å². The number of carbonyl (C=O) groups is 2. The van der Waals surface area contributed by atoms with Gasteiger partial charge in [-0.25, -0.2) is 9.59 Å². The van der Waals surface area contributed by atoms with Crippen LogP contribution >= 0.6 is 0 Å². The van der Waals surface area contributed by atoms with E-state index in [9.17, 15) is 19.7 Å². The highest BCUT2D eigenvalue weighted by molar-refractivity contribution is 5.99. The molecular formula is C41H42N4O6. The number of rotatable bonds is 11. The molecular weight excluding hydrogens is 644 g/mol. The maximum Gasteiger partial charge on any atom is 0.336 e. The normalized spacial score (nSPS) is 18.0. The molecule has 262 valence electrons. The Balaban J connectivity index is 1.18. The average Bonchev–Trinajstić information content (AvgIpc) is 3.16. The van der Waals surface area contributed by atoms with E-state index in [-0.39, 0.29) is 35.5 Å². The molecule has 10 nitrogen and oxygen atoms in total. The summed E-state index contributed by atoms with van der Waals surface area (Å²) in [4.78, 5) is 40.3. The highest BCUT2D eigenvalue weighted by Gasteiger charge is 2.38. The number of esters is 2. The molecule has 0 aromatic heterocycles. The molecule has 51 heavy (non-hydrogen) atoms. The lowest BCUT2D eigenvalue weighted by molar-refractivity contribution is -0.384. The molecule has 2 N–H and O–H groups in total. The van der Waals surface area contributed by atoms with Gasteiger partial charge < -0.3 is 20.1 Å². The average molecular weight is 687 g/mol. The lowest BCUT2D eigenvalue weighted by Crippen LogP contribution is -2.47. The van der Waals surface area contributed by atoms with Crippen molar-refractivity contribution >= 4 is 17.6 Å². The Morgan fingerprint density at radius 2 is 1.47 bits per heavy atom. The van der Waals surface area contributed by atoms with Gasteiger partial charge in [-0.3, -0.25) is 15.0 Å². The van der Waals surface area contributed by atoms with Crippen LogP contribution in [0.4, 0.5) is 5.69 Å². The molecule has 1 saturated heterocycles. The Morgan fingerprint density at radius 1 is 0.843 bits per heavy atom. The van der Waals surface area contributed by atoms with Crippen LogP contribution in [0.1, 0.15) is 59.7 Å². The van der Waals surface area contributed by atoms with Crippen LogP contribution in [-0.2, 0) is 25.5 Å². The second-order valence-electron chi connectivity index (χ2n) is 12.8. The van der Waals surface area contributed by atoms with E-state index >= 15 is 0 Å². The summed E-state index contributed by atoms with van der Waals surface area (Å²) in [6.07, 6.45) is 0.481. The highest BCUT2D eigenvalue weighted by atomic mass is 16.6. The molecule has 0 spiro atoms. The number of benzene rings is 4. The molecule has 2 heterocycles. The Bertz CT molecular complexity index is 1900. The number of ether oxygens (including phenoxy) is 2. The summed E-state index contributed by atoms with van der Waals surface area (Å²) in [5.74, 6) is -2.16. The standard InChI is InChI=1S/C41H42N4O6/c1-27-36(40(46)50-3)38(33-15-10-16-34(25-33)45(48)49)37(28(2)43-27)41(47)51-24-21-29-17-19-30(20-18-29)35-26-42-22-23-44(35)39(31-11-6-4-7-12-31)32-13-8-5-9-14-32/h4-20,25,35,38-39,42-43H,21-24,26H2,1-3H3/t35?,38-/m0/s1. The molecule has 10 heteroatoms. The van der Waals surface area contributed by atoms with E-state index in [0.717, 1.165) is 25.2 Å². The van der Waals surface area contributed by atoms with Crippen LogP contribution in [0.15, 0.2) is 132 Å². The number of non-ortho nitro benzene ring substituents is 1. The molecule has 0 radical (unpaired) electrons. The summed E-state index contributed by atoms with van der Waals surface area (Å²) in [6.45, 7) is 6.15. The number of carbonyl (C=O) groups excluding carboxylic acids is 2. The van der Waals surface area contributed by atoms with Crippen molar-refractivity contribution in [2.24, 2.45) is 0 Å². The number of methoxy groups -OCH3 is 1. The molecule has 2 aliphatic heterocycles. The molecule has 4 aromatic rings. The Morgan fingerprint density at radius 3 is 2.08 bits per heavy atom. The Hall–Kier alpha value is -5.58. The molecule has 0 aliphatic carbocycles. The van der Waals surface area contributed by atoms with Gasteiger partial charge in [-0.15, -0.1) is 0 Å². The molecule has 1 unspecified atom stereocenters. The summed E-state index contributed by atoms with van der Waals surface area (Å²) >= 11 is 0. The van der Waals surface area contributed by atoms with E-state index in [1.165, 1.54) is 42.0 Å². The predicted molar refractivity (Wildman–Crippen MR) is 195 cm³/mol. The van der Waals surface area contributed by atoms with Crippen LogP contribution < -0.4 is 10.6 Å². The SMILES string of the molecule is COC(=O)C1=C(C)NC(C)=C(C(=O)OCCc2ccc(C3CNCCN3C(c3ccccc3)c3ccccc3)cc2)[C@H]1c1cccc([N+](=O)[O-])c1. The van der Waals surface area contributed by atoms with E-state index in [1.807, 2.05) is 12.1 Å². The molecule has 2 aliphatic rings. The number of nitrogens with zero attached hydrogens (tertiary/aromatic N) is 2. The van der Waals surface area contributed by atoms with E-state index in [0.29, 0.717) is 23.4 Å². The third kappa shape index (κ3) is 7.77. The van der Waals surface area contributed by atoms with Gasteiger partial charge in [0.2, 0.25) is 0 Å². The number of nitrogens with one attached hydrogen (secondary N) is 2. The molecule has 0 saturated carbocycles. The summed E-state index contributed by atoms with van der Waals surface area (Å²) < 4.78 is 10.9. The second-order valence-corrected chi connectivity index (χ2v) is 12.8. The van der Waals surface area contributed by atoms with Crippen LogP contribution in [0.5, 0.6) is 0 Å². The maximum atomic E-state index is 13.7. The van der Waals surface area contributed by atoms with Crippen molar-refractivity contribution < 1.29 is 24.0 Å².